The Morgan fingerprint density at radius 3 is 2.29 bits per heavy atom. The minimum absolute atomic E-state index is 0.0930. The molecule has 3 heteroatoms. The van der Waals surface area contributed by atoms with Crippen molar-refractivity contribution in [2.24, 2.45) is 5.41 Å². The summed E-state index contributed by atoms with van der Waals surface area (Å²) in [6, 6.07) is 7.62. The van der Waals surface area contributed by atoms with Gasteiger partial charge in [0.05, 0.1) is 12.7 Å². The van der Waals surface area contributed by atoms with Gasteiger partial charge in [-0.15, -0.1) is 0 Å². The van der Waals surface area contributed by atoms with Gasteiger partial charge in [-0.2, -0.15) is 0 Å². The van der Waals surface area contributed by atoms with Gasteiger partial charge in [0, 0.05) is 11.8 Å². The predicted octanol–water partition coefficient (Wildman–Crippen LogP) is 2.62. The summed E-state index contributed by atoms with van der Waals surface area (Å²) < 4.78 is 11.2. The van der Waals surface area contributed by atoms with Gasteiger partial charge < -0.3 is 14.6 Å². The lowest BCUT2D eigenvalue weighted by molar-refractivity contribution is -0.134. The van der Waals surface area contributed by atoms with Crippen molar-refractivity contribution in [1.29, 1.82) is 0 Å². The molecule has 0 amide bonds. The summed E-state index contributed by atoms with van der Waals surface area (Å²) >= 11 is 0. The Labute approximate surface area is 102 Å². The van der Waals surface area contributed by atoms with E-state index in [1.807, 2.05) is 45.0 Å². The highest BCUT2D eigenvalue weighted by Crippen LogP contribution is 2.42. The molecule has 3 nitrogen and oxygen atoms in total. The van der Waals surface area contributed by atoms with Crippen LogP contribution in [0.15, 0.2) is 24.3 Å². The number of benzene rings is 1. The molecule has 0 heterocycles. The first-order chi connectivity index (χ1) is 8.04. The Hall–Kier alpha value is -1.22. The van der Waals surface area contributed by atoms with Crippen LogP contribution in [0.25, 0.3) is 0 Å². The lowest BCUT2D eigenvalue weighted by Crippen LogP contribution is -2.56. The molecule has 1 aliphatic rings. The van der Waals surface area contributed by atoms with Crippen molar-refractivity contribution < 1.29 is 14.6 Å². The van der Waals surface area contributed by atoms with Gasteiger partial charge in [-0.1, -0.05) is 13.8 Å². The van der Waals surface area contributed by atoms with Gasteiger partial charge in [-0.25, -0.2) is 0 Å². The molecule has 2 atom stereocenters. The highest BCUT2D eigenvalue weighted by Gasteiger charge is 2.49. The second-order valence-electron chi connectivity index (χ2n) is 5.08. The summed E-state index contributed by atoms with van der Waals surface area (Å²) in [6.07, 6.45) is 0.547. The molecule has 0 bridgehead atoms. The molecule has 0 saturated heterocycles. The zero-order chi connectivity index (χ0) is 12.5. The molecule has 0 aromatic heterocycles. The third-order valence-corrected chi connectivity index (χ3v) is 3.54. The number of ether oxygens (including phenoxy) is 2. The number of hydrogen-bond acceptors (Lipinski definition) is 3. The maximum absolute atomic E-state index is 9.64. The van der Waals surface area contributed by atoms with E-state index in [2.05, 4.69) is 0 Å². The first kappa shape index (κ1) is 12.2. The Morgan fingerprint density at radius 1 is 1.24 bits per heavy atom. The van der Waals surface area contributed by atoms with Crippen LogP contribution < -0.4 is 9.47 Å². The van der Waals surface area contributed by atoms with Crippen molar-refractivity contribution in [3.63, 3.8) is 0 Å². The largest absolute Gasteiger partial charge is 0.494 e. The molecule has 2 unspecified atom stereocenters. The minimum Gasteiger partial charge on any atom is -0.494 e. The van der Waals surface area contributed by atoms with Gasteiger partial charge in [-0.05, 0) is 31.2 Å². The molecule has 0 aliphatic heterocycles. The van der Waals surface area contributed by atoms with Crippen LogP contribution in [0.1, 0.15) is 27.2 Å². The normalized spacial score (nSPS) is 26.1. The number of hydrogen-bond donors (Lipinski definition) is 1. The van der Waals surface area contributed by atoms with E-state index in [0.29, 0.717) is 13.0 Å². The van der Waals surface area contributed by atoms with Crippen LogP contribution in [0, 0.1) is 5.41 Å². The molecular weight excluding hydrogens is 216 g/mol. The van der Waals surface area contributed by atoms with E-state index in [-0.39, 0.29) is 17.6 Å². The van der Waals surface area contributed by atoms with E-state index in [0.717, 1.165) is 11.5 Å². The number of aliphatic hydroxyl groups excluding tert-OH is 1. The molecule has 94 valence electrons. The second kappa shape index (κ2) is 4.57. The van der Waals surface area contributed by atoms with Crippen LogP contribution in [0.2, 0.25) is 0 Å². The summed E-state index contributed by atoms with van der Waals surface area (Å²) in [7, 11) is 0. The highest BCUT2D eigenvalue weighted by atomic mass is 16.5. The average molecular weight is 236 g/mol. The van der Waals surface area contributed by atoms with Crippen LogP contribution in [-0.2, 0) is 0 Å². The molecule has 0 radical (unpaired) electrons. The summed E-state index contributed by atoms with van der Waals surface area (Å²) in [5, 5.41) is 9.64. The van der Waals surface area contributed by atoms with E-state index in [4.69, 9.17) is 9.47 Å². The van der Waals surface area contributed by atoms with Crippen molar-refractivity contribution in [3.05, 3.63) is 24.3 Å². The molecule has 1 N–H and O–H groups in total. The maximum Gasteiger partial charge on any atom is 0.120 e. The summed E-state index contributed by atoms with van der Waals surface area (Å²) in [5.41, 5.74) is -0.154. The van der Waals surface area contributed by atoms with Crippen LogP contribution in [0.4, 0.5) is 0 Å². The highest BCUT2D eigenvalue weighted by molar-refractivity contribution is 5.31. The zero-order valence-electron chi connectivity index (χ0n) is 10.6. The molecule has 2 rings (SSSR count). The van der Waals surface area contributed by atoms with E-state index in [9.17, 15) is 5.11 Å². The van der Waals surface area contributed by atoms with Gasteiger partial charge in [0.2, 0.25) is 0 Å². The smallest absolute Gasteiger partial charge is 0.120 e. The quantitative estimate of drug-likeness (QED) is 0.873. The van der Waals surface area contributed by atoms with Crippen molar-refractivity contribution in [2.45, 2.75) is 39.4 Å². The Kier molecular flexibility index (Phi) is 3.29. The van der Waals surface area contributed by atoms with E-state index < -0.39 is 0 Å². The first-order valence-electron chi connectivity index (χ1n) is 6.11. The summed E-state index contributed by atoms with van der Waals surface area (Å²) in [5.74, 6) is 1.69. The van der Waals surface area contributed by atoms with Crippen molar-refractivity contribution >= 4 is 0 Å². The van der Waals surface area contributed by atoms with Crippen LogP contribution in [0.3, 0.4) is 0 Å². The van der Waals surface area contributed by atoms with Gasteiger partial charge in [-0.3, -0.25) is 0 Å². The van der Waals surface area contributed by atoms with E-state index >= 15 is 0 Å². The lowest BCUT2D eigenvalue weighted by atomic mass is 9.66. The van der Waals surface area contributed by atoms with E-state index in [1.165, 1.54) is 0 Å². The third kappa shape index (κ3) is 2.39. The SMILES string of the molecule is CCOc1ccc(OC2CC(O)C2(C)C)cc1. The molecular formula is C14H20O3. The molecule has 1 fully saturated rings. The number of rotatable bonds is 4. The fourth-order valence-electron chi connectivity index (χ4n) is 2.01. The Morgan fingerprint density at radius 2 is 1.82 bits per heavy atom. The van der Waals surface area contributed by atoms with Gasteiger partial charge in [0.25, 0.3) is 0 Å². The fraction of sp³-hybridized carbons (Fsp3) is 0.571. The van der Waals surface area contributed by atoms with Crippen LogP contribution >= 0.6 is 0 Å². The third-order valence-electron chi connectivity index (χ3n) is 3.54. The van der Waals surface area contributed by atoms with Gasteiger partial charge in [0.1, 0.15) is 17.6 Å². The molecule has 0 spiro atoms. The van der Waals surface area contributed by atoms with Gasteiger partial charge in [0.15, 0.2) is 0 Å². The Bertz CT molecular complexity index is 370. The van der Waals surface area contributed by atoms with Crippen LogP contribution in [0.5, 0.6) is 11.5 Å². The lowest BCUT2D eigenvalue weighted by Gasteiger charge is -2.48. The molecule has 1 aliphatic carbocycles. The first-order valence-corrected chi connectivity index (χ1v) is 6.11. The Balaban J connectivity index is 1.96. The molecule has 17 heavy (non-hydrogen) atoms. The maximum atomic E-state index is 9.64. The molecule has 1 saturated carbocycles. The second-order valence-corrected chi connectivity index (χ2v) is 5.08. The van der Waals surface area contributed by atoms with Crippen molar-refractivity contribution in [3.8, 4) is 11.5 Å². The summed E-state index contributed by atoms with van der Waals surface area (Å²) in [6.45, 7) is 6.69. The van der Waals surface area contributed by atoms with Gasteiger partial charge >= 0.3 is 0 Å². The summed E-state index contributed by atoms with van der Waals surface area (Å²) in [4.78, 5) is 0. The monoisotopic (exact) mass is 236 g/mol. The van der Waals surface area contributed by atoms with Crippen molar-refractivity contribution in [1.82, 2.24) is 0 Å². The van der Waals surface area contributed by atoms with Crippen LogP contribution in [-0.4, -0.2) is 23.9 Å². The predicted molar refractivity (Wildman–Crippen MR) is 66.4 cm³/mol. The number of aliphatic hydroxyl groups is 1. The van der Waals surface area contributed by atoms with E-state index in [1.54, 1.807) is 0 Å². The molecule has 1 aromatic carbocycles. The topological polar surface area (TPSA) is 38.7 Å². The van der Waals surface area contributed by atoms with Crippen molar-refractivity contribution in [2.75, 3.05) is 6.61 Å². The zero-order valence-corrected chi connectivity index (χ0v) is 10.6. The minimum atomic E-state index is -0.254. The standard InChI is InChI=1S/C14H20O3/c1-4-16-10-5-7-11(8-6-10)17-13-9-12(15)14(13,2)3/h5-8,12-13,15H,4,9H2,1-3H3. The fourth-order valence-corrected chi connectivity index (χ4v) is 2.01. The average Bonchev–Trinajstić information content (AvgIpc) is 2.31. The molecule has 1 aromatic rings.